The molecule has 0 radical (unpaired) electrons. The van der Waals surface area contributed by atoms with E-state index in [2.05, 4.69) is 34.5 Å². The molecular formula is C14H30N4. The number of nitrogens with one attached hydrogen (secondary N) is 2. The lowest BCUT2D eigenvalue weighted by Crippen LogP contribution is -2.42. The first-order chi connectivity index (χ1) is 8.76. The molecule has 1 fully saturated rings. The Morgan fingerprint density at radius 2 is 1.94 bits per heavy atom. The van der Waals surface area contributed by atoms with Crippen LogP contribution in [-0.4, -0.2) is 51.1 Å². The summed E-state index contributed by atoms with van der Waals surface area (Å²) in [6, 6.07) is 0. The zero-order chi connectivity index (χ0) is 13.2. The Labute approximate surface area is 112 Å². The van der Waals surface area contributed by atoms with Gasteiger partial charge in [-0.1, -0.05) is 19.8 Å². The molecule has 0 amide bonds. The predicted octanol–water partition coefficient (Wildman–Crippen LogP) is 1.68. The molecule has 1 rings (SSSR count). The number of guanidine groups is 1. The quantitative estimate of drug-likeness (QED) is 0.430. The van der Waals surface area contributed by atoms with Crippen LogP contribution in [0.3, 0.4) is 0 Å². The van der Waals surface area contributed by atoms with Crippen LogP contribution in [0, 0.1) is 5.92 Å². The maximum absolute atomic E-state index is 4.27. The smallest absolute Gasteiger partial charge is 0.190 e. The van der Waals surface area contributed by atoms with Crippen molar-refractivity contribution in [2.45, 2.75) is 39.0 Å². The van der Waals surface area contributed by atoms with Crippen molar-refractivity contribution in [3.63, 3.8) is 0 Å². The summed E-state index contributed by atoms with van der Waals surface area (Å²) in [5.74, 6) is 1.76. The van der Waals surface area contributed by atoms with Crippen molar-refractivity contribution >= 4 is 5.96 Å². The summed E-state index contributed by atoms with van der Waals surface area (Å²) in [6.07, 6.45) is 6.39. The highest BCUT2D eigenvalue weighted by atomic mass is 15.2. The van der Waals surface area contributed by atoms with Crippen LogP contribution < -0.4 is 10.6 Å². The van der Waals surface area contributed by atoms with Crippen molar-refractivity contribution in [2.75, 3.05) is 40.3 Å². The van der Waals surface area contributed by atoms with E-state index in [0.29, 0.717) is 0 Å². The van der Waals surface area contributed by atoms with E-state index in [-0.39, 0.29) is 0 Å². The molecule has 4 nitrogen and oxygen atoms in total. The van der Waals surface area contributed by atoms with Gasteiger partial charge in [0.15, 0.2) is 5.96 Å². The van der Waals surface area contributed by atoms with Gasteiger partial charge >= 0.3 is 0 Å². The summed E-state index contributed by atoms with van der Waals surface area (Å²) in [5, 5.41) is 6.83. The van der Waals surface area contributed by atoms with Gasteiger partial charge in [-0.05, 0) is 45.3 Å². The molecule has 0 unspecified atom stereocenters. The number of unbranched alkanes of at least 4 members (excludes halogenated alkanes) is 2. The molecule has 0 atom stereocenters. The molecular weight excluding hydrogens is 224 g/mol. The highest BCUT2D eigenvalue weighted by Crippen LogP contribution is 2.14. The Morgan fingerprint density at radius 3 is 2.56 bits per heavy atom. The standard InChI is InChI=1S/C14H30N4/c1-4-5-6-9-16-14(15-2)17-12-13-7-10-18(3)11-8-13/h13H,4-12H2,1-3H3,(H2,15,16,17). The molecule has 1 saturated heterocycles. The first-order valence-corrected chi connectivity index (χ1v) is 7.39. The Morgan fingerprint density at radius 1 is 1.22 bits per heavy atom. The number of hydrogen-bond acceptors (Lipinski definition) is 2. The van der Waals surface area contributed by atoms with Gasteiger partial charge in [-0.3, -0.25) is 4.99 Å². The number of piperidine rings is 1. The second-order valence-corrected chi connectivity index (χ2v) is 5.33. The molecule has 0 aromatic heterocycles. The van der Waals surface area contributed by atoms with Gasteiger partial charge in [-0.25, -0.2) is 0 Å². The van der Waals surface area contributed by atoms with E-state index < -0.39 is 0 Å². The van der Waals surface area contributed by atoms with Gasteiger partial charge in [-0.15, -0.1) is 0 Å². The number of likely N-dealkylation sites (tertiary alicyclic amines) is 1. The van der Waals surface area contributed by atoms with Crippen LogP contribution in [0.2, 0.25) is 0 Å². The Hall–Kier alpha value is -0.770. The molecule has 4 heteroatoms. The summed E-state index contributed by atoms with van der Waals surface area (Å²) >= 11 is 0. The average molecular weight is 254 g/mol. The van der Waals surface area contributed by atoms with Gasteiger partial charge in [0, 0.05) is 20.1 Å². The molecule has 1 aliphatic heterocycles. The fourth-order valence-corrected chi connectivity index (χ4v) is 2.31. The lowest BCUT2D eigenvalue weighted by Gasteiger charge is -2.29. The van der Waals surface area contributed by atoms with Crippen LogP contribution in [0.5, 0.6) is 0 Å². The molecule has 0 aromatic carbocycles. The average Bonchev–Trinajstić information content (AvgIpc) is 2.40. The van der Waals surface area contributed by atoms with E-state index in [1.807, 2.05) is 7.05 Å². The monoisotopic (exact) mass is 254 g/mol. The molecule has 2 N–H and O–H groups in total. The highest BCUT2D eigenvalue weighted by Gasteiger charge is 2.16. The Bertz CT molecular complexity index is 232. The summed E-state index contributed by atoms with van der Waals surface area (Å²) in [7, 11) is 4.06. The second-order valence-electron chi connectivity index (χ2n) is 5.33. The van der Waals surface area contributed by atoms with Crippen molar-refractivity contribution in [2.24, 2.45) is 10.9 Å². The maximum atomic E-state index is 4.27. The third kappa shape index (κ3) is 6.24. The maximum Gasteiger partial charge on any atom is 0.190 e. The van der Waals surface area contributed by atoms with Crippen LogP contribution >= 0.6 is 0 Å². The fraction of sp³-hybridized carbons (Fsp3) is 0.929. The molecule has 0 aliphatic carbocycles. The first kappa shape index (κ1) is 15.3. The molecule has 0 saturated carbocycles. The van der Waals surface area contributed by atoms with Gasteiger partial charge in [0.25, 0.3) is 0 Å². The van der Waals surface area contributed by atoms with Crippen molar-refractivity contribution in [3.8, 4) is 0 Å². The van der Waals surface area contributed by atoms with Crippen LogP contribution in [-0.2, 0) is 0 Å². The van der Waals surface area contributed by atoms with Crippen molar-refractivity contribution in [1.29, 1.82) is 0 Å². The van der Waals surface area contributed by atoms with Gasteiger partial charge in [0.05, 0.1) is 0 Å². The molecule has 1 heterocycles. The van der Waals surface area contributed by atoms with E-state index in [0.717, 1.165) is 25.0 Å². The lowest BCUT2D eigenvalue weighted by atomic mass is 9.97. The molecule has 106 valence electrons. The minimum absolute atomic E-state index is 0.801. The van der Waals surface area contributed by atoms with E-state index in [9.17, 15) is 0 Å². The van der Waals surface area contributed by atoms with Crippen molar-refractivity contribution < 1.29 is 0 Å². The molecule has 18 heavy (non-hydrogen) atoms. The zero-order valence-corrected chi connectivity index (χ0v) is 12.3. The second kappa shape index (κ2) is 9.20. The van der Waals surface area contributed by atoms with E-state index in [1.54, 1.807) is 0 Å². The summed E-state index contributed by atoms with van der Waals surface area (Å²) in [5.41, 5.74) is 0. The SMILES string of the molecule is CCCCCNC(=NC)NCC1CCN(C)CC1. The number of aliphatic imine (C=N–C) groups is 1. The Kier molecular flexibility index (Phi) is 7.81. The van der Waals surface area contributed by atoms with Crippen molar-refractivity contribution in [1.82, 2.24) is 15.5 Å². The highest BCUT2D eigenvalue weighted by molar-refractivity contribution is 5.79. The predicted molar refractivity (Wildman–Crippen MR) is 79.1 cm³/mol. The molecule has 0 bridgehead atoms. The van der Waals surface area contributed by atoms with Crippen LogP contribution in [0.25, 0.3) is 0 Å². The topological polar surface area (TPSA) is 39.7 Å². The number of rotatable bonds is 6. The lowest BCUT2D eigenvalue weighted by molar-refractivity contribution is 0.220. The van der Waals surface area contributed by atoms with Gasteiger partial charge < -0.3 is 15.5 Å². The zero-order valence-electron chi connectivity index (χ0n) is 12.3. The summed E-state index contributed by atoms with van der Waals surface area (Å²) in [6.45, 7) is 6.78. The van der Waals surface area contributed by atoms with Crippen molar-refractivity contribution in [3.05, 3.63) is 0 Å². The third-order valence-electron chi connectivity index (χ3n) is 3.69. The van der Waals surface area contributed by atoms with E-state index in [1.165, 1.54) is 45.2 Å². The van der Waals surface area contributed by atoms with E-state index >= 15 is 0 Å². The normalized spacial score (nSPS) is 18.9. The van der Waals surface area contributed by atoms with E-state index in [4.69, 9.17) is 0 Å². The summed E-state index contributed by atoms with van der Waals surface area (Å²) in [4.78, 5) is 6.68. The van der Waals surface area contributed by atoms with Crippen LogP contribution in [0.4, 0.5) is 0 Å². The minimum Gasteiger partial charge on any atom is -0.356 e. The summed E-state index contributed by atoms with van der Waals surface area (Å²) < 4.78 is 0. The number of hydrogen-bond donors (Lipinski definition) is 2. The van der Waals surface area contributed by atoms with Gasteiger partial charge in [-0.2, -0.15) is 0 Å². The minimum atomic E-state index is 0.801. The third-order valence-corrected chi connectivity index (χ3v) is 3.69. The van der Waals surface area contributed by atoms with Crippen LogP contribution in [0.1, 0.15) is 39.0 Å². The van der Waals surface area contributed by atoms with Gasteiger partial charge in [0.1, 0.15) is 0 Å². The first-order valence-electron chi connectivity index (χ1n) is 7.39. The van der Waals surface area contributed by atoms with Crippen LogP contribution in [0.15, 0.2) is 4.99 Å². The van der Waals surface area contributed by atoms with Gasteiger partial charge in [0.2, 0.25) is 0 Å². The number of nitrogens with zero attached hydrogens (tertiary/aromatic N) is 2. The Balaban J connectivity index is 2.11. The fourth-order valence-electron chi connectivity index (χ4n) is 2.31. The molecule has 0 aromatic rings. The molecule has 0 spiro atoms. The largest absolute Gasteiger partial charge is 0.356 e. The molecule has 1 aliphatic rings.